The van der Waals surface area contributed by atoms with Gasteiger partial charge in [0, 0.05) is 11.6 Å². The van der Waals surface area contributed by atoms with E-state index in [9.17, 15) is 4.79 Å². The first-order chi connectivity index (χ1) is 7.63. The first kappa shape index (κ1) is 13.1. The fourth-order valence-electron chi connectivity index (χ4n) is 1.06. The molecule has 0 saturated heterocycles. The van der Waals surface area contributed by atoms with Gasteiger partial charge < -0.3 is 16.4 Å². The van der Waals surface area contributed by atoms with Gasteiger partial charge >= 0.3 is 6.03 Å². The molecule has 6 heteroatoms. The number of halogens is 2. The first-order valence-corrected chi connectivity index (χ1v) is 5.59. The third-order valence-electron chi connectivity index (χ3n) is 1.84. The Morgan fingerprint density at radius 3 is 2.81 bits per heavy atom. The lowest BCUT2D eigenvalue weighted by atomic mass is 10.3. The quantitative estimate of drug-likeness (QED) is 0.729. The molecule has 1 aromatic rings. The van der Waals surface area contributed by atoms with Gasteiger partial charge in [-0.3, -0.25) is 0 Å². The minimum atomic E-state index is -0.322. The molecular weight excluding hydrogens is 249 g/mol. The molecule has 0 bridgehead atoms. The summed E-state index contributed by atoms with van der Waals surface area (Å²) >= 11 is 11.7. The second kappa shape index (κ2) is 6.58. The molecule has 1 aromatic carbocycles. The van der Waals surface area contributed by atoms with Crippen molar-refractivity contribution in [2.45, 2.75) is 6.42 Å². The summed E-state index contributed by atoms with van der Waals surface area (Å²) in [5, 5.41) is 6.21. The second-order valence-corrected chi connectivity index (χ2v) is 3.99. The normalized spacial score (nSPS) is 9.94. The SMILES string of the molecule is NCCCNC(=O)Nc1cc(Cl)ccc1Cl. The molecule has 0 unspecified atom stereocenters. The monoisotopic (exact) mass is 261 g/mol. The van der Waals surface area contributed by atoms with Gasteiger partial charge in [0.2, 0.25) is 0 Å². The highest BCUT2D eigenvalue weighted by Gasteiger charge is 2.05. The van der Waals surface area contributed by atoms with Crippen LogP contribution >= 0.6 is 23.2 Å². The zero-order valence-electron chi connectivity index (χ0n) is 8.59. The van der Waals surface area contributed by atoms with Crippen LogP contribution in [-0.4, -0.2) is 19.1 Å². The molecule has 0 radical (unpaired) electrons. The van der Waals surface area contributed by atoms with E-state index in [2.05, 4.69) is 10.6 Å². The molecule has 0 aliphatic heterocycles. The molecule has 0 saturated carbocycles. The molecule has 0 atom stereocenters. The van der Waals surface area contributed by atoms with E-state index in [1.165, 1.54) is 0 Å². The summed E-state index contributed by atoms with van der Waals surface area (Å²) in [5.41, 5.74) is 5.79. The molecule has 1 rings (SSSR count). The molecule has 4 N–H and O–H groups in total. The fraction of sp³-hybridized carbons (Fsp3) is 0.300. The van der Waals surface area contributed by atoms with Crippen LogP contribution in [0.2, 0.25) is 10.0 Å². The van der Waals surface area contributed by atoms with Crippen molar-refractivity contribution in [3.8, 4) is 0 Å². The number of benzene rings is 1. The Balaban J connectivity index is 2.52. The number of hydrogen-bond acceptors (Lipinski definition) is 2. The number of nitrogens with two attached hydrogens (primary N) is 1. The number of carbonyl (C=O) groups is 1. The zero-order chi connectivity index (χ0) is 12.0. The molecule has 4 nitrogen and oxygen atoms in total. The summed E-state index contributed by atoms with van der Waals surface area (Å²) in [6, 6.07) is 4.55. The van der Waals surface area contributed by atoms with Gasteiger partial charge in [0.15, 0.2) is 0 Å². The van der Waals surface area contributed by atoms with Crippen LogP contribution in [-0.2, 0) is 0 Å². The summed E-state index contributed by atoms with van der Waals surface area (Å²) in [6.07, 6.45) is 0.733. The first-order valence-electron chi connectivity index (χ1n) is 4.83. The highest BCUT2D eigenvalue weighted by molar-refractivity contribution is 6.35. The van der Waals surface area contributed by atoms with Gasteiger partial charge in [0.1, 0.15) is 0 Å². The van der Waals surface area contributed by atoms with Crippen LogP contribution in [0.25, 0.3) is 0 Å². The van der Waals surface area contributed by atoms with E-state index in [0.29, 0.717) is 28.8 Å². The number of anilines is 1. The van der Waals surface area contributed by atoms with Crippen LogP contribution in [0.3, 0.4) is 0 Å². The number of urea groups is 1. The van der Waals surface area contributed by atoms with Crippen molar-refractivity contribution in [1.29, 1.82) is 0 Å². The van der Waals surface area contributed by atoms with Gasteiger partial charge in [0.25, 0.3) is 0 Å². The summed E-state index contributed by atoms with van der Waals surface area (Å²) < 4.78 is 0. The van der Waals surface area contributed by atoms with Crippen LogP contribution in [0.5, 0.6) is 0 Å². The van der Waals surface area contributed by atoms with Crippen molar-refractivity contribution >= 4 is 34.9 Å². The maximum Gasteiger partial charge on any atom is 0.319 e. The maximum atomic E-state index is 11.4. The van der Waals surface area contributed by atoms with Crippen LogP contribution < -0.4 is 16.4 Å². The minimum absolute atomic E-state index is 0.322. The number of hydrogen-bond donors (Lipinski definition) is 3. The highest BCUT2D eigenvalue weighted by Crippen LogP contribution is 2.25. The largest absolute Gasteiger partial charge is 0.338 e. The Morgan fingerprint density at radius 1 is 1.38 bits per heavy atom. The molecule has 0 aliphatic carbocycles. The number of amides is 2. The Morgan fingerprint density at radius 2 is 2.12 bits per heavy atom. The van der Waals surface area contributed by atoms with Gasteiger partial charge in [-0.25, -0.2) is 4.79 Å². The fourth-order valence-corrected chi connectivity index (χ4v) is 1.40. The zero-order valence-corrected chi connectivity index (χ0v) is 10.1. The average molecular weight is 262 g/mol. The standard InChI is InChI=1S/C10H13Cl2N3O/c11-7-2-3-8(12)9(6-7)15-10(16)14-5-1-4-13/h2-3,6H,1,4-5,13H2,(H2,14,15,16). The maximum absolute atomic E-state index is 11.4. The van der Waals surface area contributed by atoms with E-state index < -0.39 is 0 Å². The molecular formula is C10H13Cl2N3O. The topological polar surface area (TPSA) is 67.1 Å². The van der Waals surface area contributed by atoms with E-state index >= 15 is 0 Å². The van der Waals surface area contributed by atoms with E-state index in [4.69, 9.17) is 28.9 Å². The van der Waals surface area contributed by atoms with E-state index in [1.54, 1.807) is 18.2 Å². The van der Waals surface area contributed by atoms with Gasteiger partial charge in [-0.05, 0) is 31.2 Å². The highest BCUT2D eigenvalue weighted by atomic mass is 35.5. The summed E-state index contributed by atoms with van der Waals surface area (Å²) in [5.74, 6) is 0. The van der Waals surface area contributed by atoms with Gasteiger partial charge in [-0.1, -0.05) is 23.2 Å². The van der Waals surface area contributed by atoms with E-state index in [-0.39, 0.29) is 6.03 Å². The van der Waals surface area contributed by atoms with Crippen molar-refractivity contribution < 1.29 is 4.79 Å². The van der Waals surface area contributed by atoms with Gasteiger partial charge in [0.05, 0.1) is 10.7 Å². The van der Waals surface area contributed by atoms with Crippen LogP contribution in [0.15, 0.2) is 18.2 Å². The summed E-state index contributed by atoms with van der Waals surface area (Å²) in [6.45, 7) is 1.07. The molecule has 0 spiro atoms. The van der Waals surface area contributed by atoms with Crippen LogP contribution in [0, 0.1) is 0 Å². The van der Waals surface area contributed by atoms with Crippen LogP contribution in [0.1, 0.15) is 6.42 Å². The smallest absolute Gasteiger partial charge is 0.319 e. The minimum Gasteiger partial charge on any atom is -0.338 e. The van der Waals surface area contributed by atoms with E-state index in [0.717, 1.165) is 6.42 Å². The molecule has 88 valence electrons. The van der Waals surface area contributed by atoms with Crippen molar-refractivity contribution in [3.63, 3.8) is 0 Å². The third-order valence-corrected chi connectivity index (χ3v) is 2.41. The molecule has 0 fully saturated rings. The van der Waals surface area contributed by atoms with Crippen LogP contribution in [0.4, 0.5) is 10.5 Å². The molecule has 2 amide bonds. The number of nitrogens with one attached hydrogen (secondary N) is 2. The number of carbonyl (C=O) groups excluding carboxylic acids is 1. The van der Waals surface area contributed by atoms with Crippen molar-refractivity contribution in [2.24, 2.45) is 5.73 Å². The van der Waals surface area contributed by atoms with Gasteiger partial charge in [-0.15, -0.1) is 0 Å². The second-order valence-electron chi connectivity index (χ2n) is 3.15. The molecule has 0 aliphatic rings. The summed E-state index contributed by atoms with van der Waals surface area (Å²) in [7, 11) is 0. The lowest BCUT2D eigenvalue weighted by Crippen LogP contribution is -2.30. The Labute approximate surface area is 104 Å². The lowest BCUT2D eigenvalue weighted by Gasteiger charge is -2.08. The predicted molar refractivity (Wildman–Crippen MR) is 67.2 cm³/mol. The third kappa shape index (κ3) is 4.26. The average Bonchev–Trinajstić information content (AvgIpc) is 2.24. The molecule has 0 aromatic heterocycles. The lowest BCUT2D eigenvalue weighted by molar-refractivity contribution is 0.252. The molecule has 0 heterocycles. The predicted octanol–water partition coefficient (Wildman–Crippen LogP) is 2.46. The molecule has 16 heavy (non-hydrogen) atoms. The number of rotatable bonds is 4. The van der Waals surface area contributed by atoms with E-state index in [1.807, 2.05) is 0 Å². The van der Waals surface area contributed by atoms with Crippen molar-refractivity contribution in [1.82, 2.24) is 5.32 Å². The van der Waals surface area contributed by atoms with Crippen molar-refractivity contribution in [2.75, 3.05) is 18.4 Å². The van der Waals surface area contributed by atoms with Gasteiger partial charge in [-0.2, -0.15) is 0 Å². The Hall–Kier alpha value is -0.970. The summed E-state index contributed by atoms with van der Waals surface area (Å²) in [4.78, 5) is 11.4. The Bertz CT molecular complexity index is 371. The Kier molecular flexibility index (Phi) is 5.38. The van der Waals surface area contributed by atoms with Crippen molar-refractivity contribution in [3.05, 3.63) is 28.2 Å².